The molecule has 0 atom stereocenters. The van der Waals surface area contributed by atoms with Crippen LogP contribution in [0.1, 0.15) is 19.2 Å². The maximum atomic E-state index is 5.84. The SMILES string of the molecule is CCCc1nc(N)n(-c2ccccc2Br)n1. The molecule has 0 aliphatic heterocycles. The molecule has 2 rings (SSSR count). The zero-order valence-corrected chi connectivity index (χ0v) is 10.6. The molecule has 0 bridgehead atoms. The number of hydrogen-bond donors (Lipinski definition) is 1. The molecule has 1 aromatic heterocycles. The minimum absolute atomic E-state index is 0.426. The standard InChI is InChI=1S/C11H13BrN4/c1-2-5-10-14-11(13)16(15-10)9-7-4-3-6-8(9)12/h3-4,6-7H,2,5H2,1H3,(H2,13,14,15). The molecule has 0 aliphatic rings. The molecular formula is C11H13BrN4. The third-order valence-corrected chi connectivity index (χ3v) is 2.90. The highest BCUT2D eigenvalue weighted by Crippen LogP contribution is 2.21. The summed E-state index contributed by atoms with van der Waals surface area (Å²) in [4.78, 5) is 4.23. The van der Waals surface area contributed by atoms with E-state index in [1.165, 1.54) is 0 Å². The van der Waals surface area contributed by atoms with Gasteiger partial charge in [-0.2, -0.15) is 9.67 Å². The van der Waals surface area contributed by atoms with Crippen LogP contribution in [0.15, 0.2) is 28.7 Å². The van der Waals surface area contributed by atoms with Crippen LogP contribution in [-0.4, -0.2) is 14.8 Å². The van der Waals surface area contributed by atoms with Gasteiger partial charge in [-0.25, -0.2) is 0 Å². The number of nitrogens with two attached hydrogens (primary N) is 1. The first-order valence-corrected chi connectivity index (χ1v) is 5.98. The molecule has 84 valence electrons. The fraction of sp³-hybridized carbons (Fsp3) is 0.273. The second kappa shape index (κ2) is 4.65. The van der Waals surface area contributed by atoms with E-state index in [0.717, 1.165) is 28.8 Å². The zero-order valence-electron chi connectivity index (χ0n) is 9.02. The Bertz CT molecular complexity index is 492. The summed E-state index contributed by atoms with van der Waals surface area (Å²) < 4.78 is 2.62. The lowest BCUT2D eigenvalue weighted by Gasteiger charge is -2.04. The fourth-order valence-electron chi connectivity index (χ4n) is 1.50. The predicted molar refractivity (Wildman–Crippen MR) is 67.5 cm³/mol. The Kier molecular flexibility index (Phi) is 3.24. The van der Waals surface area contributed by atoms with Gasteiger partial charge < -0.3 is 5.73 Å². The average Bonchev–Trinajstić information content (AvgIpc) is 2.61. The maximum Gasteiger partial charge on any atom is 0.223 e. The Hall–Kier alpha value is -1.36. The van der Waals surface area contributed by atoms with Crippen LogP contribution < -0.4 is 5.73 Å². The highest BCUT2D eigenvalue weighted by atomic mass is 79.9. The molecule has 0 unspecified atom stereocenters. The van der Waals surface area contributed by atoms with Crippen LogP contribution in [0.3, 0.4) is 0 Å². The number of hydrogen-bond acceptors (Lipinski definition) is 3. The molecule has 0 saturated carbocycles. The van der Waals surface area contributed by atoms with Gasteiger partial charge in [0.05, 0.1) is 5.69 Å². The molecule has 0 saturated heterocycles. The molecule has 0 fully saturated rings. The monoisotopic (exact) mass is 280 g/mol. The largest absolute Gasteiger partial charge is 0.368 e. The Morgan fingerprint density at radius 3 is 2.81 bits per heavy atom. The van der Waals surface area contributed by atoms with E-state index in [4.69, 9.17) is 5.73 Å². The van der Waals surface area contributed by atoms with E-state index in [0.29, 0.717) is 5.95 Å². The predicted octanol–water partition coefficient (Wildman–Crippen LogP) is 2.56. The number of anilines is 1. The number of nitrogen functional groups attached to an aromatic ring is 1. The number of nitrogens with zero attached hydrogens (tertiary/aromatic N) is 3. The lowest BCUT2D eigenvalue weighted by atomic mass is 10.3. The second-order valence-electron chi connectivity index (χ2n) is 3.50. The first kappa shape index (κ1) is 11.1. The number of aromatic nitrogens is 3. The van der Waals surface area contributed by atoms with Gasteiger partial charge in [0, 0.05) is 10.9 Å². The van der Waals surface area contributed by atoms with Crippen LogP contribution in [0.5, 0.6) is 0 Å². The average molecular weight is 281 g/mol. The summed E-state index contributed by atoms with van der Waals surface area (Å²) in [7, 11) is 0. The van der Waals surface area contributed by atoms with Crippen molar-refractivity contribution in [1.82, 2.24) is 14.8 Å². The molecule has 1 heterocycles. The van der Waals surface area contributed by atoms with Crippen LogP contribution in [0.25, 0.3) is 5.69 Å². The van der Waals surface area contributed by atoms with Crippen molar-refractivity contribution < 1.29 is 0 Å². The van der Waals surface area contributed by atoms with Gasteiger partial charge in [0.1, 0.15) is 0 Å². The third-order valence-electron chi connectivity index (χ3n) is 2.23. The Balaban J connectivity index is 2.44. The van der Waals surface area contributed by atoms with E-state index in [1.54, 1.807) is 4.68 Å². The zero-order chi connectivity index (χ0) is 11.5. The van der Waals surface area contributed by atoms with Crippen molar-refractivity contribution in [3.05, 3.63) is 34.6 Å². The normalized spacial score (nSPS) is 10.6. The number of para-hydroxylation sites is 1. The number of benzene rings is 1. The molecule has 2 N–H and O–H groups in total. The van der Waals surface area contributed by atoms with Gasteiger partial charge in [-0.05, 0) is 34.5 Å². The summed E-state index contributed by atoms with van der Waals surface area (Å²) in [5.74, 6) is 1.21. The van der Waals surface area contributed by atoms with Crippen molar-refractivity contribution in [2.24, 2.45) is 0 Å². The van der Waals surface area contributed by atoms with E-state index in [-0.39, 0.29) is 0 Å². The summed E-state index contributed by atoms with van der Waals surface area (Å²) in [6, 6.07) is 7.80. The van der Waals surface area contributed by atoms with Crippen LogP contribution in [0.4, 0.5) is 5.95 Å². The van der Waals surface area contributed by atoms with Gasteiger partial charge >= 0.3 is 0 Å². The molecule has 2 aromatic rings. The second-order valence-corrected chi connectivity index (χ2v) is 4.35. The van der Waals surface area contributed by atoms with Crippen molar-refractivity contribution in [2.45, 2.75) is 19.8 Å². The van der Waals surface area contributed by atoms with E-state index in [9.17, 15) is 0 Å². The lowest BCUT2D eigenvalue weighted by molar-refractivity contribution is 0.799. The molecular weight excluding hydrogens is 268 g/mol. The maximum absolute atomic E-state index is 5.84. The van der Waals surface area contributed by atoms with Crippen molar-refractivity contribution in [2.75, 3.05) is 5.73 Å². The van der Waals surface area contributed by atoms with Crippen molar-refractivity contribution in [1.29, 1.82) is 0 Å². The topological polar surface area (TPSA) is 56.7 Å². The van der Waals surface area contributed by atoms with Gasteiger partial charge in [-0.1, -0.05) is 19.1 Å². The van der Waals surface area contributed by atoms with Crippen molar-refractivity contribution in [3.63, 3.8) is 0 Å². The summed E-state index contributed by atoms with van der Waals surface area (Å²) in [6.07, 6.45) is 1.86. The van der Waals surface area contributed by atoms with Gasteiger partial charge in [-0.3, -0.25) is 0 Å². The van der Waals surface area contributed by atoms with Crippen LogP contribution >= 0.6 is 15.9 Å². The summed E-state index contributed by atoms with van der Waals surface area (Å²) in [5, 5.41) is 4.38. The van der Waals surface area contributed by atoms with Gasteiger partial charge in [0.2, 0.25) is 5.95 Å². The molecule has 1 aromatic carbocycles. The number of halogens is 1. The first-order chi connectivity index (χ1) is 7.72. The fourth-order valence-corrected chi connectivity index (χ4v) is 1.95. The summed E-state index contributed by atoms with van der Waals surface area (Å²) in [5.41, 5.74) is 6.75. The van der Waals surface area contributed by atoms with E-state index in [1.807, 2.05) is 24.3 Å². The Labute approximate surface area is 103 Å². The van der Waals surface area contributed by atoms with E-state index < -0.39 is 0 Å². The molecule has 5 heteroatoms. The third kappa shape index (κ3) is 2.09. The van der Waals surface area contributed by atoms with Crippen LogP contribution in [0, 0.1) is 0 Å². The Morgan fingerprint density at radius 2 is 2.12 bits per heavy atom. The molecule has 0 radical (unpaired) electrons. The Morgan fingerprint density at radius 1 is 1.38 bits per heavy atom. The van der Waals surface area contributed by atoms with Crippen molar-refractivity contribution >= 4 is 21.9 Å². The highest BCUT2D eigenvalue weighted by Gasteiger charge is 2.09. The molecule has 4 nitrogen and oxygen atoms in total. The van der Waals surface area contributed by atoms with Crippen molar-refractivity contribution in [3.8, 4) is 5.69 Å². The molecule has 0 aliphatic carbocycles. The first-order valence-electron chi connectivity index (χ1n) is 5.18. The summed E-state index contributed by atoms with van der Waals surface area (Å²) in [6.45, 7) is 2.09. The molecule has 0 spiro atoms. The van der Waals surface area contributed by atoms with Crippen LogP contribution in [0.2, 0.25) is 0 Å². The van der Waals surface area contributed by atoms with E-state index in [2.05, 4.69) is 32.9 Å². The minimum atomic E-state index is 0.426. The van der Waals surface area contributed by atoms with Gasteiger partial charge in [0.15, 0.2) is 5.82 Å². The molecule has 0 amide bonds. The minimum Gasteiger partial charge on any atom is -0.368 e. The lowest BCUT2D eigenvalue weighted by Crippen LogP contribution is -2.03. The highest BCUT2D eigenvalue weighted by molar-refractivity contribution is 9.10. The van der Waals surface area contributed by atoms with E-state index >= 15 is 0 Å². The quantitative estimate of drug-likeness (QED) is 0.940. The van der Waals surface area contributed by atoms with Gasteiger partial charge in [0.25, 0.3) is 0 Å². The number of rotatable bonds is 3. The smallest absolute Gasteiger partial charge is 0.223 e. The summed E-state index contributed by atoms with van der Waals surface area (Å²) >= 11 is 3.47. The van der Waals surface area contributed by atoms with Crippen LogP contribution in [-0.2, 0) is 6.42 Å². The number of aryl methyl sites for hydroxylation is 1. The molecule has 16 heavy (non-hydrogen) atoms. The van der Waals surface area contributed by atoms with Gasteiger partial charge in [-0.15, -0.1) is 5.10 Å².